The Morgan fingerprint density at radius 2 is 2.00 bits per heavy atom. The predicted octanol–water partition coefficient (Wildman–Crippen LogP) is 1.04. The first kappa shape index (κ1) is 13.3. The molecule has 19 heavy (non-hydrogen) atoms. The van der Waals surface area contributed by atoms with Crippen LogP contribution in [0, 0.1) is 13.8 Å². The Bertz CT molecular complexity index is 611. The van der Waals surface area contributed by atoms with Crippen LogP contribution in [0.1, 0.15) is 27.4 Å². The average Bonchev–Trinajstić information content (AvgIpc) is 2.84. The van der Waals surface area contributed by atoms with Crippen molar-refractivity contribution in [2.24, 2.45) is 14.1 Å². The van der Waals surface area contributed by atoms with Gasteiger partial charge in [-0.1, -0.05) is 0 Å². The Morgan fingerprint density at radius 3 is 2.47 bits per heavy atom. The average molecular weight is 261 g/mol. The highest BCUT2D eigenvalue weighted by Gasteiger charge is 2.21. The van der Waals surface area contributed by atoms with Gasteiger partial charge in [-0.15, -0.1) is 0 Å². The van der Waals surface area contributed by atoms with E-state index in [9.17, 15) is 4.79 Å². The molecule has 1 amide bonds. The summed E-state index contributed by atoms with van der Waals surface area (Å²) in [6.45, 7) is 4.25. The van der Waals surface area contributed by atoms with Gasteiger partial charge in [-0.3, -0.25) is 14.2 Å². The van der Waals surface area contributed by atoms with Crippen molar-refractivity contribution in [3.63, 3.8) is 0 Å². The maximum atomic E-state index is 12.4. The number of rotatable bonds is 3. The first-order valence-electron chi connectivity index (χ1n) is 6.14. The maximum Gasteiger partial charge on any atom is 0.257 e. The second-order valence-corrected chi connectivity index (χ2v) is 4.81. The van der Waals surface area contributed by atoms with Gasteiger partial charge in [0.15, 0.2) is 0 Å². The monoisotopic (exact) mass is 261 g/mol. The van der Waals surface area contributed by atoms with Crippen LogP contribution in [0.15, 0.2) is 12.3 Å². The van der Waals surface area contributed by atoms with E-state index in [-0.39, 0.29) is 5.91 Å². The van der Waals surface area contributed by atoms with E-state index in [1.807, 2.05) is 40.2 Å². The van der Waals surface area contributed by atoms with Crippen molar-refractivity contribution in [2.75, 3.05) is 7.05 Å². The lowest BCUT2D eigenvalue weighted by Gasteiger charge is -2.16. The van der Waals surface area contributed by atoms with Gasteiger partial charge in [0.05, 0.1) is 23.5 Å². The molecule has 0 saturated carbocycles. The third-order valence-electron chi connectivity index (χ3n) is 3.24. The van der Waals surface area contributed by atoms with Crippen molar-refractivity contribution >= 4 is 5.91 Å². The number of hydrogen-bond acceptors (Lipinski definition) is 3. The highest BCUT2D eigenvalue weighted by atomic mass is 16.2. The number of amides is 1. The van der Waals surface area contributed by atoms with Crippen LogP contribution in [0.5, 0.6) is 0 Å². The lowest BCUT2D eigenvalue weighted by Crippen LogP contribution is -2.27. The molecule has 0 aliphatic carbocycles. The molecule has 2 aromatic rings. The van der Waals surface area contributed by atoms with Gasteiger partial charge < -0.3 is 4.90 Å². The molecule has 0 aliphatic heterocycles. The molecule has 2 rings (SSSR count). The summed E-state index contributed by atoms with van der Waals surface area (Å²) in [5.74, 6) is -0.0197. The normalized spacial score (nSPS) is 10.8. The molecular formula is C13H19N5O. The van der Waals surface area contributed by atoms with E-state index in [1.54, 1.807) is 21.3 Å². The summed E-state index contributed by atoms with van der Waals surface area (Å²) in [6.07, 6.45) is 1.87. The fourth-order valence-corrected chi connectivity index (χ4v) is 2.14. The number of aryl methyl sites for hydroxylation is 3. The topological polar surface area (TPSA) is 56.0 Å². The van der Waals surface area contributed by atoms with Gasteiger partial charge in [0.2, 0.25) is 0 Å². The van der Waals surface area contributed by atoms with E-state index in [0.717, 1.165) is 17.1 Å². The van der Waals surface area contributed by atoms with Crippen LogP contribution in [0.25, 0.3) is 0 Å². The van der Waals surface area contributed by atoms with Crippen molar-refractivity contribution < 1.29 is 4.79 Å². The van der Waals surface area contributed by atoms with E-state index >= 15 is 0 Å². The molecule has 0 aliphatic rings. The molecule has 6 nitrogen and oxygen atoms in total. The number of hydrogen-bond donors (Lipinski definition) is 0. The van der Waals surface area contributed by atoms with Crippen LogP contribution >= 0.6 is 0 Å². The van der Waals surface area contributed by atoms with Gasteiger partial charge in [-0.2, -0.15) is 10.2 Å². The maximum absolute atomic E-state index is 12.4. The molecule has 2 aromatic heterocycles. The summed E-state index contributed by atoms with van der Waals surface area (Å²) in [5.41, 5.74) is 3.20. The summed E-state index contributed by atoms with van der Waals surface area (Å²) >= 11 is 0. The molecule has 0 saturated heterocycles. The second-order valence-electron chi connectivity index (χ2n) is 4.81. The van der Waals surface area contributed by atoms with Gasteiger partial charge in [0.1, 0.15) is 0 Å². The van der Waals surface area contributed by atoms with E-state index < -0.39 is 0 Å². The standard InChI is InChI=1S/C13H19N5O/c1-9-12(10(2)18(5)14-9)13(19)16(3)8-11-6-7-17(4)15-11/h6-7H,8H2,1-5H3. The first-order valence-corrected chi connectivity index (χ1v) is 6.14. The smallest absolute Gasteiger partial charge is 0.257 e. The second kappa shape index (κ2) is 4.87. The van der Waals surface area contributed by atoms with Crippen LogP contribution in [-0.4, -0.2) is 37.4 Å². The molecule has 102 valence electrons. The van der Waals surface area contributed by atoms with Crippen molar-refractivity contribution in [3.05, 3.63) is 34.9 Å². The van der Waals surface area contributed by atoms with Gasteiger partial charge in [-0.25, -0.2) is 0 Å². The molecule has 2 heterocycles. The van der Waals surface area contributed by atoms with Gasteiger partial charge in [0, 0.05) is 33.0 Å². The molecule has 0 bridgehead atoms. The van der Waals surface area contributed by atoms with Crippen molar-refractivity contribution in [3.8, 4) is 0 Å². The predicted molar refractivity (Wildman–Crippen MR) is 71.7 cm³/mol. The van der Waals surface area contributed by atoms with Crippen LogP contribution in [0.4, 0.5) is 0 Å². The summed E-state index contributed by atoms with van der Waals surface area (Å²) in [6, 6.07) is 1.91. The fourth-order valence-electron chi connectivity index (χ4n) is 2.14. The Morgan fingerprint density at radius 1 is 1.32 bits per heavy atom. The first-order chi connectivity index (χ1) is 8.90. The van der Waals surface area contributed by atoms with E-state index in [0.29, 0.717) is 12.1 Å². The zero-order valence-electron chi connectivity index (χ0n) is 12.0. The lowest BCUT2D eigenvalue weighted by molar-refractivity contribution is 0.0781. The Balaban J connectivity index is 2.19. The van der Waals surface area contributed by atoms with Crippen LogP contribution < -0.4 is 0 Å². The number of carbonyl (C=O) groups is 1. The third-order valence-corrected chi connectivity index (χ3v) is 3.24. The molecule has 0 N–H and O–H groups in total. The number of carbonyl (C=O) groups excluding carboxylic acids is 1. The van der Waals surface area contributed by atoms with Gasteiger partial charge >= 0.3 is 0 Å². The SMILES string of the molecule is Cc1nn(C)c(C)c1C(=O)N(C)Cc1ccn(C)n1. The van der Waals surface area contributed by atoms with Crippen LogP contribution in [-0.2, 0) is 20.6 Å². The lowest BCUT2D eigenvalue weighted by atomic mass is 10.1. The number of aromatic nitrogens is 4. The van der Waals surface area contributed by atoms with Crippen LogP contribution in [0.2, 0.25) is 0 Å². The molecule has 0 unspecified atom stereocenters. The Hall–Kier alpha value is -2.11. The summed E-state index contributed by atoms with van der Waals surface area (Å²) in [7, 11) is 5.49. The summed E-state index contributed by atoms with van der Waals surface area (Å²) < 4.78 is 3.46. The van der Waals surface area contributed by atoms with Crippen molar-refractivity contribution in [1.29, 1.82) is 0 Å². The highest BCUT2D eigenvalue weighted by Crippen LogP contribution is 2.15. The summed E-state index contributed by atoms with van der Waals surface area (Å²) in [5, 5.41) is 8.55. The molecule has 0 aromatic carbocycles. The minimum atomic E-state index is -0.0197. The molecule has 0 radical (unpaired) electrons. The van der Waals surface area contributed by atoms with E-state index in [1.165, 1.54) is 0 Å². The molecular weight excluding hydrogens is 242 g/mol. The van der Waals surface area contributed by atoms with Crippen molar-refractivity contribution in [2.45, 2.75) is 20.4 Å². The third kappa shape index (κ3) is 2.52. The zero-order chi connectivity index (χ0) is 14.2. The van der Waals surface area contributed by atoms with E-state index in [2.05, 4.69) is 10.2 Å². The molecule has 0 atom stereocenters. The fraction of sp³-hybridized carbons (Fsp3) is 0.462. The van der Waals surface area contributed by atoms with Gasteiger partial charge in [-0.05, 0) is 19.9 Å². The Kier molecular flexibility index (Phi) is 3.42. The summed E-state index contributed by atoms with van der Waals surface area (Å²) in [4.78, 5) is 14.1. The quantitative estimate of drug-likeness (QED) is 0.829. The minimum Gasteiger partial charge on any atom is -0.336 e. The number of nitrogens with zero attached hydrogens (tertiary/aromatic N) is 5. The van der Waals surface area contributed by atoms with Gasteiger partial charge in [0.25, 0.3) is 5.91 Å². The zero-order valence-corrected chi connectivity index (χ0v) is 12.0. The van der Waals surface area contributed by atoms with Crippen molar-refractivity contribution in [1.82, 2.24) is 24.5 Å². The molecule has 0 fully saturated rings. The van der Waals surface area contributed by atoms with E-state index in [4.69, 9.17) is 0 Å². The van der Waals surface area contributed by atoms with Crippen LogP contribution in [0.3, 0.4) is 0 Å². The molecule has 0 spiro atoms. The molecule has 6 heteroatoms. The minimum absolute atomic E-state index is 0.0197. The Labute approximate surface area is 112 Å². The highest BCUT2D eigenvalue weighted by molar-refractivity contribution is 5.96. The largest absolute Gasteiger partial charge is 0.336 e.